The molecule has 1 aromatic heterocycles. The number of unbranched alkanes of at least 4 members (excludes halogenated alkanes) is 1. The minimum Gasteiger partial charge on any atom is -0.396 e. The normalized spacial score (nSPS) is 10.2. The largest absolute Gasteiger partial charge is 0.396 e. The Hall–Kier alpha value is -1.63. The molecule has 4 N–H and O–H groups in total. The first kappa shape index (κ1) is 11.4. The maximum absolute atomic E-state index is 11.3. The Bertz CT molecular complexity index is 312. The first-order valence-corrected chi connectivity index (χ1v) is 4.75. The van der Waals surface area contributed by atoms with E-state index in [4.69, 9.17) is 10.8 Å². The third-order valence-corrected chi connectivity index (χ3v) is 1.77. The van der Waals surface area contributed by atoms with E-state index in [1.54, 1.807) is 0 Å². The number of hydrogen-bond acceptors (Lipinski definition) is 5. The first-order valence-electron chi connectivity index (χ1n) is 4.75. The quantitative estimate of drug-likeness (QED) is 0.512. The van der Waals surface area contributed by atoms with Crippen LogP contribution in [0.4, 0.5) is 5.95 Å². The van der Waals surface area contributed by atoms with Crippen molar-refractivity contribution in [2.75, 3.05) is 18.9 Å². The lowest BCUT2D eigenvalue weighted by Crippen LogP contribution is -2.28. The second kappa shape index (κ2) is 5.97. The molecular formula is C8H15N5O2. The summed E-state index contributed by atoms with van der Waals surface area (Å²) < 4.78 is 1.37. The number of nitrogens with one attached hydrogen (secondary N) is 1. The Morgan fingerprint density at radius 3 is 3.00 bits per heavy atom. The highest BCUT2D eigenvalue weighted by atomic mass is 16.2. The van der Waals surface area contributed by atoms with Gasteiger partial charge in [0.15, 0.2) is 0 Å². The molecule has 84 valence electrons. The van der Waals surface area contributed by atoms with Crippen molar-refractivity contribution >= 4 is 11.9 Å². The van der Waals surface area contributed by atoms with Crippen molar-refractivity contribution < 1.29 is 9.90 Å². The Morgan fingerprint density at radius 2 is 2.40 bits per heavy atom. The van der Waals surface area contributed by atoms with Crippen LogP contribution in [0, 0.1) is 0 Å². The molecule has 0 fully saturated rings. The van der Waals surface area contributed by atoms with Crippen LogP contribution in [0.2, 0.25) is 0 Å². The molecule has 1 rings (SSSR count). The minimum absolute atomic E-state index is 0.114. The SMILES string of the molecule is Nc1ncn(CC(=O)NCCCCO)n1. The molecule has 7 nitrogen and oxygen atoms in total. The van der Waals surface area contributed by atoms with E-state index in [-0.39, 0.29) is 25.0 Å². The van der Waals surface area contributed by atoms with Crippen LogP contribution in [0.15, 0.2) is 6.33 Å². The lowest BCUT2D eigenvalue weighted by atomic mass is 10.3. The van der Waals surface area contributed by atoms with Gasteiger partial charge in [0.25, 0.3) is 0 Å². The van der Waals surface area contributed by atoms with E-state index in [2.05, 4.69) is 15.4 Å². The fourth-order valence-electron chi connectivity index (χ4n) is 1.05. The highest BCUT2D eigenvalue weighted by Gasteiger charge is 2.03. The fraction of sp³-hybridized carbons (Fsp3) is 0.625. The zero-order valence-corrected chi connectivity index (χ0v) is 8.39. The summed E-state index contributed by atoms with van der Waals surface area (Å²) in [6, 6.07) is 0. The summed E-state index contributed by atoms with van der Waals surface area (Å²) in [4.78, 5) is 15.0. The van der Waals surface area contributed by atoms with Crippen molar-refractivity contribution in [3.05, 3.63) is 6.33 Å². The van der Waals surface area contributed by atoms with Gasteiger partial charge in [-0.1, -0.05) is 0 Å². The molecular weight excluding hydrogens is 198 g/mol. The zero-order chi connectivity index (χ0) is 11.1. The number of carbonyl (C=O) groups is 1. The summed E-state index contributed by atoms with van der Waals surface area (Å²) in [5.41, 5.74) is 5.29. The van der Waals surface area contributed by atoms with E-state index in [0.717, 1.165) is 6.42 Å². The molecule has 0 atom stereocenters. The number of amides is 1. The monoisotopic (exact) mass is 213 g/mol. The Morgan fingerprint density at radius 1 is 1.60 bits per heavy atom. The number of aromatic nitrogens is 3. The molecule has 0 unspecified atom stereocenters. The highest BCUT2D eigenvalue weighted by Crippen LogP contribution is 1.89. The summed E-state index contributed by atoms with van der Waals surface area (Å²) in [5, 5.41) is 15.0. The number of hydrogen-bond donors (Lipinski definition) is 3. The molecule has 0 aliphatic heterocycles. The molecule has 1 heterocycles. The van der Waals surface area contributed by atoms with E-state index in [1.165, 1.54) is 11.0 Å². The Kier molecular flexibility index (Phi) is 4.55. The molecule has 1 aromatic rings. The number of rotatable bonds is 6. The van der Waals surface area contributed by atoms with E-state index in [9.17, 15) is 4.79 Å². The Balaban J connectivity index is 2.18. The number of aliphatic hydroxyl groups is 1. The summed E-state index contributed by atoms with van der Waals surface area (Å²) in [6.45, 7) is 0.822. The van der Waals surface area contributed by atoms with Gasteiger partial charge >= 0.3 is 0 Å². The van der Waals surface area contributed by atoms with Gasteiger partial charge in [-0.05, 0) is 12.8 Å². The number of nitrogen functional groups attached to an aromatic ring is 1. The summed E-state index contributed by atoms with van der Waals surface area (Å²) in [5.74, 6) is 0.0147. The van der Waals surface area contributed by atoms with Crippen LogP contribution < -0.4 is 11.1 Å². The van der Waals surface area contributed by atoms with Crippen molar-refractivity contribution in [3.63, 3.8) is 0 Å². The molecule has 0 radical (unpaired) electrons. The van der Waals surface area contributed by atoms with Gasteiger partial charge < -0.3 is 16.2 Å². The lowest BCUT2D eigenvalue weighted by molar-refractivity contribution is -0.121. The third-order valence-electron chi connectivity index (χ3n) is 1.77. The zero-order valence-electron chi connectivity index (χ0n) is 8.39. The van der Waals surface area contributed by atoms with Crippen LogP contribution in [0.3, 0.4) is 0 Å². The van der Waals surface area contributed by atoms with Crippen molar-refractivity contribution in [1.82, 2.24) is 20.1 Å². The number of aliphatic hydroxyl groups excluding tert-OH is 1. The molecule has 0 saturated heterocycles. The topological polar surface area (TPSA) is 106 Å². The van der Waals surface area contributed by atoms with Crippen LogP contribution in [-0.2, 0) is 11.3 Å². The summed E-state index contributed by atoms with van der Waals surface area (Å²) >= 11 is 0. The second-order valence-corrected chi connectivity index (χ2v) is 3.08. The van der Waals surface area contributed by atoms with Gasteiger partial charge in [0.1, 0.15) is 12.9 Å². The molecule has 0 aliphatic rings. The van der Waals surface area contributed by atoms with Crippen LogP contribution in [0.5, 0.6) is 0 Å². The predicted octanol–water partition coefficient (Wildman–Crippen LogP) is -1.25. The molecule has 0 spiro atoms. The van der Waals surface area contributed by atoms with Gasteiger partial charge in [0.2, 0.25) is 11.9 Å². The van der Waals surface area contributed by atoms with Gasteiger partial charge in [-0.2, -0.15) is 0 Å². The predicted molar refractivity (Wildman–Crippen MR) is 53.8 cm³/mol. The van der Waals surface area contributed by atoms with Crippen molar-refractivity contribution in [2.45, 2.75) is 19.4 Å². The lowest BCUT2D eigenvalue weighted by Gasteiger charge is -2.03. The van der Waals surface area contributed by atoms with Crippen molar-refractivity contribution in [1.29, 1.82) is 0 Å². The van der Waals surface area contributed by atoms with E-state index < -0.39 is 0 Å². The van der Waals surface area contributed by atoms with E-state index in [1.807, 2.05) is 0 Å². The maximum atomic E-state index is 11.3. The number of anilines is 1. The van der Waals surface area contributed by atoms with E-state index >= 15 is 0 Å². The average molecular weight is 213 g/mol. The number of nitrogens with two attached hydrogens (primary N) is 1. The van der Waals surface area contributed by atoms with Crippen molar-refractivity contribution in [2.24, 2.45) is 0 Å². The smallest absolute Gasteiger partial charge is 0.241 e. The van der Waals surface area contributed by atoms with Crippen molar-refractivity contribution in [3.8, 4) is 0 Å². The number of carbonyl (C=O) groups excluding carboxylic acids is 1. The molecule has 7 heteroatoms. The van der Waals surface area contributed by atoms with Crippen LogP contribution in [0.25, 0.3) is 0 Å². The molecule has 0 bridgehead atoms. The summed E-state index contributed by atoms with van der Waals surface area (Å²) in [7, 11) is 0. The standard InChI is InChI=1S/C8H15N5O2/c9-8-11-6-13(12-8)5-7(15)10-3-1-2-4-14/h6,14H,1-5H2,(H2,9,12)(H,10,15). The minimum atomic E-state index is -0.141. The number of nitrogens with zero attached hydrogens (tertiary/aromatic N) is 3. The third kappa shape index (κ3) is 4.41. The van der Waals surface area contributed by atoms with Crippen LogP contribution in [0.1, 0.15) is 12.8 Å². The average Bonchev–Trinajstić information content (AvgIpc) is 2.59. The van der Waals surface area contributed by atoms with Gasteiger partial charge in [-0.15, -0.1) is 5.10 Å². The van der Waals surface area contributed by atoms with Gasteiger partial charge in [-0.25, -0.2) is 9.67 Å². The van der Waals surface area contributed by atoms with Gasteiger partial charge in [0.05, 0.1) is 0 Å². The molecule has 1 amide bonds. The highest BCUT2D eigenvalue weighted by molar-refractivity contribution is 5.75. The maximum Gasteiger partial charge on any atom is 0.241 e. The molecule has 0 aromatic carbocycles. The van der Waals surface area contributed by atoms with Crippen LogP contribution in [-0.4, -0.2) is 38.9 Å². The van der Waals surface area contributed by atoms with E-state index in [0.29, 0.717) is 13.0 Å². The molecule has 0 aliphatic carbocycles. The van der Waals surface area contributed by atoms with Gasteiger partial charge in [-0.3, -0.25) is 4.79 Å². The van der Waals surface area contributed by atoms with Gasteiger partial charge in [0, 0.05) is 13.2 Å². The molecule has 15 heavy (non-hydrogen) atoms. The first-order chi connectivity index (χ1) is 7.22. The summed E-state index contributed by atoms with van der Waals surface area (Å²) in [6.07, 6.45) is 2.86. The fourth-order valence-corrected chi connectivity index (χ4v) is 1.05. The van der Waals surface area contributed by atoms with Crippen LogP contribution >= 0.6 is 0 Å². The Labute approximate surface area is 87.3 Å². The second-order valence-electron chi connectivity index (χ2n) is 3.08. The molecule has 0 saturated carbocycles.